The molecule has 1 atom stereocenters. The van der Waals surface area contributed by atoms with Crippen molar-refractivity contribution in [3.05, 3.63) is 35.9 Å². The first kappa shape index (κ1) is 14.6. The Balaban J connectivity index is 3.16. The Morgan fingerprint density at radius 1 is 1.39 bits per heavy atom. The van der Waals surface area contributed by atoms with E-state index >= 15 is 0 Å². The molecule has 1 rings (SSSR count). The summed E-state index contributed by atoms with van der Waals surface area (Å²) in [6.07, 6.45) is 0. The Kier molecular flexibility index (Phi) is 4.44. The average Bonchev–Trinajstić information content (AvgIpc) is 2.31. The van der Waals surface area contributed by atoms with Gasteiger partial charge < -0.3 is 15.6 Å². The number of ether oxygens (including phenoxy) is 1. The molecule has 0 bridgehead atoms. The van der Waals surface area contributed by atoms with Gasteiger partial charge in [-0.1, -0.05) is 30.3 Å². The van der Waals surface area contributed by atoms with Crippen LogP contribution in [0.25, 0.3) is 0 Å². The molecule has 1 aromatic rings. The lowest BCUT2D eigenvalue weighted by Gasteiger charge is -2.25. The van der Waals surface area contributed by atoms with Gasteiger partial charge in [0.25, 0.3) is 4.93 Å². The molecule has 0 radical (unpaired) electrons. The third-order valence-electron chi connectivity index (χ3n) is 2.63. The van der Waals surface area contributed by atoms with Crippen LogP contribution >= 0.6 is 0 Å². The smallest absolute Gasteiger partial charge is 0.353 e. The number of sulfone groups is 1. The molecule has 6 nitrogen and oxygen atoms in total. The lowest BCUT2D eigenvalue weighted by Crippen LogP contribution is -2.54. The van der Waals surface area contributed by atoms with E-state index in [0.717, 1.165) is 7.11 Å². The maximum Gasteiger partial charge on any atom is 0.353 e. The molecule has 0 aromatic heterocycles. The van der Waals surface area contributed by atoms with E-state index in [1.54, 1.807) is 30.3 Å². The number of nitrogens with two attached hydrogens (primary N) is 1. The van der Waals surface area contributed by atoms with Gasteiger partial charge in [0.05, 0.1) is 5.75 Å². The molecule has 0 saturated carbocycles. The van der Waals surface area contributed by atoms with E-state index in [1.807, 2.05) is 0 Å². The number of methoxy groups -OCH3 is 1. The number of rotatable bonds is 6. The molecule has 7 heteroatoms. The van der Waals surface area contributed by atoms with Gasteiger partial charge in [-0.3, -0.25) is 0 Å². The summed E-state index contributed by atoms with van der Waals surface area (Å²) in [6, 6.07) is 8.26. The van der Waals surface area contributed by atoms with Crippen LogP contribution in [0.15, 0.2) is 30.3 Å². The highest BCUT2D eigenvalue weighted by atomic mass is 32.2. The second kappa shape index (κ2) is 5.47. The molecule has 3 N–H and O–H groups in total. The van der Waals surface area contributed by atoms with E-state index in [4.69, 9.17) is 10.8 Å². The van der Waals surface area contributed by atoms with Gasteiger partial charge >= 0.3 is 5.97 Å². The Bertz CT molecular complexity index is 507. The average molecular weight is 273 g/mol. The second-order valence-corrected chi connectivity index (χ2v) is 5.89. The maximum absolute atomic E-state index is 12.1. The van der Waals surface area contributed by atoms with Crippen molar-refractivity contribution in [2.24, 2.45) is 5.73 Å². The molecule has 0 heterocycles. The van der Waals surface area contributed by atoms with Crippen LogP contribution in [0.4, 0.5) is 0 Å². The van der Waals surface area contributed by atoms with Crippen molar-refractivity contribution < 1.29 is 23.1 Å². The third kappa shape index (κ3) is 2.53. The highest BCUT2D eigenvalue weighted by Crippen LogP contribution is 2.22. The number of benzene rings is 1. The first-order valence-electron chi connectivity index (χ1n) is 5.14. The van der Waals surface area contributed by atoms with Gasteiger partial charge in [0.15, 0.2) is 9.84 Å². The van der Waals surface area contributed by atoms with E-state index in [0.29, 0.717) is 5.56 Å². The molecule has 1 aromatic carbocycles. The Hall–Kier alpha value is -1.44. The highest BCUT2D eigenvalue weighted by molar-refractivity contribution is 7.92. The zero-order valence-corrected chi connectivity index (χ0v) is 10.7. The first-order valence-corrected chi connectivity index (χ1v) is 6.79. The Labute approximate surface area is 105 Å². The minimum Gasteiger partial charge on any atom is -0.478 e. The van der Waals surface area contributed by atoms with Gasteiger partial charge in [-0.25, -0.2) is 13.2 Å². The molecular formula is C11H15NO5S. The highest BCUT2D eigenvalue weighted by Gasteiger charge is 2.50. The minimum atomic E-state index is -4.08. The van der Waals surface area contributed by atoms with Gasteiger partial charge in [-0.2, -0.15) is 0 Å². The van der Waals surface area contributed by atoms with Crippen LogP contribution in [0, 0.1) is 0 Å². The lowest BCUT2D eigenvalue weighted by molar-refractivity contribution is -0.151. The molecule has 18 heavy (non-hydrogen) atoms. The zero-order valence-electron chi connectivity index (χ0n) is 9.87. The van der Waals surface area contributed by atoms with E-state index in [-0.39, 0.29) is 0 Å². The SMILES string of the molecule is COC(CN)(C(=O)O)S(=O)(=O)Cc1ccccc1. The number of carboxylic acid groups (broad SMARTS) is 1. The number of hydrogen-bond acceptors (Lipinski definition) is 5. The predicted octanol–water partition coefficient (Wildman–Crippen LogP) is -0.0126. The zero-order chi connectivity index (χ0) is 13.8. The second-order valence-electron chi connectivity index (χ2n) is 3.71. The number of carboxylic acids is 1. The van der Waals surface area contributed by atoms with Crippen LogP contribution in [-0.2, 0) is 25.1 Å². The van der Waals surface area contributed by atoms with E-state index in [2.05, 4.69) is 4.74 Å². The summed E-state index contributed by atoms with van der Waals surface area (Å²) in [5.74, 6) is -2.05. The third-order valence-corrected chi connectivity index (χ3v) is 4.85. The number of aliphatic carboxylic acids is 1. The molecule has 0 saturated heterocycles. The van der Waals surface area contributed by atoms with E-state index in [1.165, 1.54) is 0 Å². The summed E-state index contributed by atoms with van der Waals surface area (Å²) in [5, 5.41) is 9.05. The van der Waals surface area contributed by atoms with Gasteiger partial charge in [-0.15, -0.1) is 0 Å². The molecule has 0 fully saturated rings. The summed E-state index contributed by atoms with van der Waals surface area (Å²) in [6.45, 7) is -0.645. The molecule has 0 aliphatic carbocycles. The van der Waals surface area contributed by atoms with Gasteiger partial charge in [0.1, 0.15) is 0 Å². The Morgan fingerprint density at radius 3 is 2.33 bits per heavy atom. The van der Waals surface area contributed by atoms with Crippen molar-refractivity contribution in [1.29, 1.82) is 0 Å². The standard InChI is InChI=1S/C11H15NO5S/c1-17-11(8-12,10(13)14)18(15,16)7-9-5-3-2-4-6-9/h2-6H,7-8,12H2,1H3,(H,13,14). The summed E-state index contributed by atoms with van der Waals surface area (Å²) in [7, 11) is -3.07. The maximum atomic E-state index is 12.1. The summed E-state index contributed by atoms with van der Waals surface area (Å²) < 4.78 is 29.0. The molecule has 0 spiro atoms. The normalized spacial score (nSPS) is 15.0. The van der Waals surface area contributed by atoms with Gasteiger partial charge in [0, 0.05) is 13.7 Å². The molecule has 0 amide bonds. The van der Waals surface area contributed by atoms with Gasteiger partial charge in [0.2, 0.25) is 0 Å². The van der Waals surface area contributed by atoms with Gasteiger partial charge in [-0.05, 0) is 5.56 Å². The van der Waals surface area contributed by atoms with Crippen LogP contribution in [0.3, 0.4) is 0 Å². The summed E-state index contributed by atoms with van der Waals surface area (Å²) >= 11 is 0. The summed E-state index contributed by atoms with van der Waals surface area (Å²) in [4.78, 5) is 8.74. The quantitative estimate of drug-likeness (QED) is 0.754. The van der Waals surface area contributed by atoms with E-state index in [9.17, 15) is 13.2 Å². The van der Waals surface area contributed by atoms with Crippen molar-refractivity contribution in [2.45, 2.75) is 10.7 Å². The fraction of sp³-hybridized carbons (Fsp3) is 0.364. The van der Waals surface area contributed by atoms with Crippen molar-refractivity contribution in [3.8, 4) is 0 Å². The van der Waals surface area contributed by atoms with Crippen molar-refractivity contribution in [3.63, 3.8) is 0 Å². The molecule has 1 unspecified atom stereocenters. The van der Waals surface area contributed by atoms with Crippen LogP contribution in [-0.4, -0.2) is 38.1 Å². The van der Waals surface area contributed by atoms with E-state index < -0.39 is 33.0 Å². The topological polar surface area (TPSA) is 107 Å². The molecular weight excluding hydrogens is 258 g/mol. The largest absolute Gasteiger partial charge is 0.478 e. The minimum absolute atomic E-state index is 0.439. The van der Waals surface area contributed by atoms with Crippen molar-refractivity contribution in [2.75, 3.05) is 13.7 Å². The molecule has 100 valence electrons. The monoisotopic (exact) mass is 273 g/mol. The van der Waals surface area contributed by atoms with Crippen LogP contribution in [0.5, 0.6) is 0 Å². The number of hydrogen-bond donors (Lipinski definition) is 2. The van der Waals surface area contributed by atoms with Crippen molar-refractivity contribution >= 4 is 15.8 Å². The molecule has 0 aliphatic rings. The lowest BCUT2D eigenvalue weighted by atomic mass is 10.2. The Morgan fingerprint density at radius 2 is 1.94 bits per heavy atom. The molecule has 0 aliphatic heterocycles. The predicted molar refractivity (Wildman–Crippen MR) is 65.5 cm³/mol. The summed E-state index contributed by atoms with van der Waals surface area (Å²) in [5.41, 5.74) is 5.75. The fourth-order valence-electron chi connectivity index (χ4n) is 1.56. The van der Waals surface area contributed by atoms with Crippen LogP contribution in [0.1, 0.15) is 5.56 Å². The first-order chi connectivity index (χ1) is 8.39. The number of carbonyl (C=O) groups is 1. The van der Waals surface area contributed by atoms with Crippen molar-refractivity contribution in [1.82, 2.24) is 0 Å². The van der Waals surface area contributed by atoms with Crippen LogP contribution in [0.2, 0.25) is 0 Å². The van der Waals surface area contributed by atoms with Crippen LogP contribution < -0.4 is 5.73 Å². The fourth-order valence-corrected chi connectivity index (χ4v) is 3.19.